The van der Waals surface area contributed by atoms with Gasteiger partial charge in [0.25, 0.3) is 0 Å². The van der Waals surface area contributed by atoms with Gasteiger partial charge in [-0.3, -0.25) is 9.59 Å². The molecule has 0 aliphatic rings. The maximum Gasteiger partial charge on any atom is 0.242 e. The molecule has 0 saturated carbocycles. The number of aryl methyl sites for hydroxylation is 1. The first kappa shape index (κ1) is 27.2. The fraction of sp³-hybridized carbons (Fsp3) is 0.500. The lowest BCUT2D eigenvalue weighted by molar-refractivity contribution is -0.140. The Morgan fingerprint density at radius 3 is 2.21 bits per heavy atom. The highest BCUT2D eigenvalue weighted by Crippen LogP contribution is 2.29. The monoisotopic (exact) mass is 468 g/mol. The number of nitrogens with one attached hydrogen (secondary N) is 1. The largest absolute Gasteiger partial charge is 0.490 e. The van der Waals surface area contributed by atoms with E-state index in [1.807, 2.05) is 83.1 Å². The number of carbonyl (C=O) groups excluding carboxylic acids is 2. The number of amides is 2. The molecule has 0 spiro atoms. The van der Waals surface area contributed by atoms with Crippen molar-refractivity contribution in [3.05, 3.63) is 59.7 Å². The van der Waals surface area contributed by atoms with Crippen molar-refractivity contribution in [1.82, 2.24) is 10.2 Å². The Hall–Kier alpha value is -3.02. The molecule has 2 atom stereocenters. The number of hydrogen-bond donors (Lipinski definition) is 1. The first-order valence-electron chi connectivity index (χ1n) is 12.4. The number of hydrogen-bond acceptors (Lipinski definition) is 4. The van der Waals surface area contributed by atoms with Crippen molar-refractivity contribution in [2.45, 2.75) is 72.4 Å². The van der Waals surface area contributed by atoms with E-state index in [4.69, 9.17) is 9.47 Å². The van der Waals surface area contributed by atoms with E-state index >= 15 is 0 Å². The third-order valence-electron chi connectivity index (χ3n) is 5.89. The minimum atomic E-state index is -0.537. The molecule has 0 heterocycles. The van der Waals surface area contributed by atoms with Gasteiger partial charge in [0.15, 0.2) is 11.5 Å². The summed E-state index contributed by atoms with van der Waals surface area (Å²) < 4.78 is 11.4. The van der Waals surface area contributed by atoms with E-state index in [-0.39, 0.29) is 17.9 Å². The second-order valence-corrected chi connectivity index (χ2v) is 8.46. The molecule has 0 saturated heterocycles. The average Bonchev–Trinajstić information content (AvgIpc) is 2.84. The van der Waals surface area contributed by atoms with Crippen molar-refractivity contribution in [1.29, 1.82) is 0 Å². The standard InChI is InChI=1S/C28H40N2O4/c1-6-21(4)29-28(32)22(5)30(19-18-23-12-10-9-11-13-23)27(31)17-15-24-14-16-25(33-7-2)26(20-24)34-8-3/h9-14,16,20-22H,6-8,15,17-19H2,1-5H3,(H,29,32). The van der Waals surface area contributed by atoms with E-state index in [1.54, 1.807) is 4.90 Å². The van der Waals surface area contributed by atoms with Crippen LogP contribution < -0.4 is 14.8 Å². The molecule has 0 aliphatic heterocycles. The third-order valence-corrected chi connectivity index (χ3v) is 5.89. The first-order valence-corrected chi connectivity index (χ1v) is 12.4. The number of nitrogens with zero attached hydrogens (tertiary/aromatic N) is 1. The first-order chi connectivity index (χ1) is 16.4. The molecule has 6 nitrogen and oxygen atoms in total. The van der Waals surface area contributed by atoms with Gasteiger partial charge in [-0.25, -0.2) is 0 Å². The highest BCUT2D eigenvalue weighted by molar-refractivity contribution is 5.87. The van der Waals surface area contributed by atoms with Gasteiger partial charge in [-0.2, -0.15) is 0 Å². The van der Waals surface area contributed by atoms with E-state index in [2.05, 4.69) is 5.32 Å². The van der Waals surface area contributed by atoms with Gasteiger partial charge in [0.1, 0.15) is 6.04 Å². The zero-order chi connectivity index (χ0) is 24.9. The van der Waals surface area contributed by atoms with Crippen LogP contribution in [0.2, 0.25) is 0 Å². The van der Waals surface area contributed by atoms with Gasteiger partial charge < -0.3 is 19.7 Å². The van der Waals surface area contributed by atoms with Crippen LogP contribution in [-0.2, 0) is 22.4 Å². The van der Waals surface area contributed by atoms with Crippen LogP contribution in [0, 0.1) is 0 Å². The summed E-state index contributed by atoms with van der Waals surface area (Å²) in [7, 11) is 0. The summed E-state index contributed by atoms with van der Waals surface area (Å²) in [4.78, 5) is 27.8. The summed E-state index contributed by atoms with van der Waals surface area (Å²) in [6.45, 7) is 11.3. The molecule has 0 radical (unpaired) electrons. The minimum absolute atomic E-state index is 0.0328. The van der Waals surface area contributed by atoms with E-state index in [9.17, 15) is 9.59 Å². The Kier molecular flexibility index (Phi) is 11.4. The van der Waals surface area contributed by atoms with Crippen molar-refractivity contribution in [3.8, 4) is 11.5 Å². The molecule has 6 heteroatoms. The van der Waals surface area contributed by atoms with Crippen LogP contribution in [0.15, 0.2) is 48.5 Å². The van der Waals surface area contributed by atoms with Gasteiger partial charge in [0, 0.05) is 19.0 Å². The summed E-state index contributed by atoms with van der Waals surface area (Å²) in [6, 6.07) is 15.4. The van der Waals surface area contributed by atoms with Gasteiger partial charge in [-0.15, -0.1) is 0 Å². The molecular formula is C28H40N2O4. The molecule has 2 aromatic carbocycles. The number of carbonyl (C=O) groups is 2. The molecule has 34 heavy (non-hydrogen) atoms. The highest BCUT2D eigenvalue weighted by Gasteiger charge is 2.26. The topological polar surface area (TPSA) is 67.9 Å². The highest BCUT2D eigenvalue weighted by atomic mass is 16.5. The molecule has 0 aliphatic carbocycles. The Bertz CT molecular complexity index is 901. The number of rotatable bonds is 14. The van der Waals surface area contributed by atoms with E-state index in [0.29, 0.717) is 50.5 Å². The fourth-order valence-electron chi connectivity index (χ4n) is 3.68. The van der Waals surface area contributed by atoms with E-state index in [0.717, 1.165) is 17.5 Å². The van der Waals surface area contributed by atoms with Crippen LogP contribution in [-0.4, -0.2) is 48.6 Å². The summed E-state index contributed by atoms with van der Waals surface area (Å²) in [6.07, 6.45) is 2.42. The smallest absolute Gasteiger partial charge is 0.242 e. The normalized spacial score (nSPS) is 12.5. The van der Waals surface area contributed by atoms with Crippen LogP contribution in [0.4, 0.5) is 0 Å². The Morgan fingerprint density at radius 2 is 1.56 bits per heavy atom. The number of ether oxygens (including phenoxy) is 2. The van der Waals surface area contributed by atoms with Gasteiger partial charge in [-0.05, 0) is 70.2 Å². The second kappa shape index (κ2) is 14.3. The van der Waals surface area contributed by atoms with E-state index in [1.165, 1.54) is 0 Å². The van der Waals surface area contributed by atoms with Crippen LogP contribution in [0.25, 0.3) is 0 Å². The molecule has 2 aromatic rings. The zero-order valence-electron chi connectivity index (χ0n) is 21.3. The van der Waals surface area contributed by atoms with Crippen molar-refractivity contribution >= 4 is 11.8 Å². The average molecular weight is 469 g/mol. The lowest BCUT2D eigenvalue weighted by atomic mass is 10.1. The van der Waals surface area contributed by atoms with E-state index < -0.39 is 6.04 Å². The molecule has 186 valence electrons. The van der Waals surface area contributed by atoms with Crippen molar-refractivity contribution in [3.63, 3.8) is 0 Å². The summed E-state index contributed by atoms with van der Waals surface area (Å²) >= 11 is 0. The lowest BCUT2D eigenvalue weighted by Crippen LogP contribution is -2.50. The fourth-order valence-corrected chi connectivity index (χ4v) is 3.68. The summed E-state index contributed by atoms with van der Waals surface area (Å²) in [5.41, 5.74) is 2.14. The van der Waals surface area contributed by atoms with Crippen LogP contribution in [0.3, 0.4) is 0 Å². The van der Waals surface area contributed by atoms with Crippen molar-refractivity contribution in [2.24, 2.45) is 0 Å². The molecule has 1 N–H and O–H groups in total. The number of benzene rings is 2. The minimum Gasteiger partial charge on any atom is -0.490 e. The lowest BCUT2D eigenvalue weighted by Gasteiger charge is -2.29. The summed E-state index contributed by atoms with van der Waals surface area (Å²) in [5.74, 6) is 1.25. The maximum atomic E-state index is 13.3. The molecular weight excluding hydrogens is 428 g/mol. The molecule has 0 fully saturated rings. The molecule has 2 rings (SSSR count). The Balaban J connectivity index is 2.11. The van der Waals surface area contributed by atoms with Crippen molar-refractivity contribution in [2.75, 3.05) is 19.8 Å². The predicted molar refractivity (Wildman–Crippen MR) is 136 cm³/mol. The Labute approximate surface area is 204 Å². The van der Waals surface area contributed by atoms with Gasteiger partial charge in [0.2, 0.25) is 11.8 Å². The zero-order valence-corrected chi connectivity index (χ0v) is 21.3. The van der Waals surface area contributed by atoms with Crippen molar-refractivity contribution < 1.29 is 19.1 Å². The summed E-state index contributed by atoms with van der Waals surface area (Å²) in [5, 5.41) is 3.01. The Morgan fingerprint density at radius 1 is 0.882 bits per heavy atom. The molecule has 2 unspecified atom stereocenters. The van der Waals surface area contributed by atoms with Crippen LogP contribution in [0.5, 0.6) is 11.5 Å². The van der Waals surface area contributed by atoms with Gasteiger partial charge in [0.05, 0.1) is 13.2 Å². The van der Waals surface area contributed by atoms with Gasteiger partial charge >= 0.3 is 0 Å². The molecule has 2 amide bonds. The SMILES string of the molecule is CCOc1ccc(CCC(=O)N(CCc2ccccc2)C(C)C(=O)NC(C)CC)cc1OCC. The maximum absolute atomic E-state index is 13.3. The van der Waals surface area contributed by atoms with Crippen LogP contribution in [0.1, 0.15) is 58.6 Å². The second-order valence-electron chi connectivity index (χ2n) is 8.46. The van der Waals surface area contributed by atoms with Crippen LogP contribution >= 0.6 is 0 Å². The third kappa shape index (κ3) is 8.40. The quantitative estimate of drug-likeness (QED) is 0.433. The predicted octanol–water partition coefficient (Wildman–Crippen LogP) is 4.79. The van der Waals surface area contributed by atoms with Gasteiger partial charge in [-0.1, -0.05) is 43.3 Å². The molecule has 0 aromatic heterocycles. The molecule has 0 bridgehead atoms.